The Hall–Kier alpha value is -0.0800. The summed E-state index contributed by atoms with van der Waals surface area (Å²) in [5.74, 6) is 0.977. The minimum Gasteiger partial charge on any atom is -0.355 e. The van der Waals surface area contributed by atoms with Gasteiger partial charge in [-0.15, -0.1) is 24.0 Å². The van der Waals surface area contributed by atoms with E-state index in [0.717, 1.165) is 31.6 Å². The Balaban J connectivity index is 0.00000180. The summed E-state index contributed by atoms with van der Waals surface area (Å²) in [6.45, 7) is 7.61. The quantitative estimate of drug-likeness (QED) is 0.699. The van der Waals surface area contributed by atoms with Crippen LogP contribution in [0.25, 0.3) is 0 Å². The van der Waals surface area contributed by atoms with E-state index >= 15 is 0 Å². The molecular formula is C13H28IN5. The van der Waals surface area contributed by atoms with Crippen molar-refractivity contribution in [1.29, 1.82) is 0 Å². The Kier molecular flexibility index (Phi) is 7.38. The van der Waals surface area contributed by atoms with Gasteiger partial charge in [0.05, 0.1) is 6.54 Å². The molecule has 1 unspecified atom stereocenters. The highest BCUT2D eigenvalue weighted by molar-refractivity contribution is 14.0. The number of rotatable bonds is 4. The van der Waals surface area contributed by atoms with Crippen LogP contribution in [-0.4, -0.2) is 74.7 Å². The average Bonchev–Trinajstić information content (AvgIpc) is 2.76. The van der Waals surface area contributed by atoms with Crippen molar-refractivity contribution in [1.82, 2.24) is 20.4 Å². The summed E-state index contributed by atoms with van der Waals surface area (Å²) in [5.41, 5.74) is 0. The van der Waals surface area contributed by atoms with Gasteiger partial charge in [0.25, 0.3) is 0 Å². The molecular weight excluding hydrogens is 353 g/mol. The number of nitrogens with one attached hydrogen (secondary N) is 2. The minimum atomic E-state index is 0. The topological polar surface area (TPSA) is 42.9 Å². The number of hydrogen-bond donors (Lipinski definition) is 2. The van der Waals surface area contributed by atoms with Crippen LogP contribution in [0.1, 0.15) is 19.8 Å². The highest BCUT2D eigenvalue weighted by Gasteiger charge is 2.20. The smallest absolute Gasteiger partial charge is 0.191 e. The lowest BCUT2D eigenvalue weighted by Crippen LogP contribution is -2.46. The summed E-state index contributed by atoms with van der Waals surface area (Å²) in [4.78, 5) is 9.31. The van der Waals surface area contributed by atoms with Crippen molar-refractivity contribution in [3.63, 3.8) is 0 Å². The zero-order valence-corrected chi connectivity index (χ0v) is 14.7. The van der Waals surface area contributed by atoms with E-state index in [0.29, 0.717) is 6.04 Å². The number of piperidine rings is 1. The van der Waals surface area contributed by atoms with Crippen LogP contribution >= 0.6 is 24.0 Å². The van der Waals surface area contributed by atoms with Gasteiger partial charge in [-0.2, -0.15) is 0 Å². The predicted octanol–water partition coefficient (Wildman–Crippen LogP) is 0.568. The van der Waals surface area contributed by atoms with Crippen LogP contribution in [0.4, 0.5) is 0 Å². The maximum atomic E-state index is 4.40. The van der Waals surface area contributed by atoms with Crippen LogP contribution in [-0.2, 0) is 0 Å². The molecule has 0 aromatic carbocycles. The molecule has 2 aliphatic rings. The number of hydrogen-bond acceptors (Lipinski definition) is 5. The maximum absolute atomic E-state index is 4.40. The van der Waals surface area contributed by atoms with Gasteiger partial charge in [0.1, 0.15) is 0 Å². The molecule has 0 spiro atoms. The number of aliphatic imine (C=N–C) groups is 1. The van der Waals surface area contributed by atoms with Crippen molar-refractivity contribution < 1.29 is 0 Å². The van der Waals surface area contributed by atoms with Crippen LogP contribution in [0.2, 0.25) is 0 Å². The van der Waals surface area contributed by atoms with Gasteiger partial charge < -0.3 is 20.4 Å². The summed E-state index contributed by atoms with van der Waals surface area (Å²) in [5, 5.41) is 6.71. The molecule has 2 rings (SSSR count). The molecule has 2 aliphatic heterocycles. The largest absolute Gasteiger partial charge is 0.355 e. The molecule has 0 aromatic rings. The Morgan fingerprint density at radius 1 is 1.37 bits per heavy atom. The zero-order chi connectivity index (χ0) is 13.0. The second kappa shape index (κ2) is 8.26. The molecule has 0 saturated carbocycles. The van der Waals surface area contributed by atoms with E-state index < -0.39 is 0 Å². The normalized spacial score (nSPS) is 24.8. The van der Waals surface area contributed by atoms with Crippen molar-refractivity contribution >= 4 is 29.9 Å². The Bertz CT molecular complexity index is 287. The molecule has 112 valence electrons. The molecule has 2 heterocycles. The lowest BCUT2D eigenvalue weighted by Gasteiger charge is -2.35. The molecule has 1 fully saturated rings. The Labute approximate surface area is 134 Å². The Morgan fingerprint density at radius 2 is 2.05 bits per heavy atom. The lowest BCUT2D eigenvalue weighted by atomic mass is 10.0. The molecule has 1 saturated heterocycles. The van der Waals surface area contributed by atoms with Crippen molar-refractivity contribution in [2.75, 3.05) is 46.8 Å². The first kappa shape index (κ1) is 17.0. The predicted molar refractivity (Wildman–Crippen MR) is 91.5 cm³/mol. The standard InChI is InChI=1S/C13H27N5.HI/c1-11-10-15-13(16-11)14-6-9-18-7-4-12(5-8-18)17(2)3;/h11-12H,4-10H2,1-3H3,(H2,14,15,16);1H. The summed E-state index contributed by atoms with van der Waals surface area (Å²) >= 11 is 0. The minimum absolute atomic E-state index is 0. The molecule has 0 amide bonds. The highest BCUT2D eigenvalue weighted by Crippen LogP contribution is 2.13. The fourth-order valence-electron chi connectivity index (χ4n) is 2.65. The van der Waals surface area contributed by atoms with E-state index in [1.807, 2.05) is 0 Å². The van der Waals surface area contributed by atoms with Gasteiger partial charge in [-0.25, -0.2) is 0 Å². The van der Waals surface area contributed by atoms with Crippen molar-refractivity contribution in [3.8, 4) is 0 Å². The molecule has 5 nitrogen and oxygen atoms in total. The molecule has 0 bridgehead atoms. The van der Waals surface area contributed by atoms with E-state index in [1.54, 1.807) is 0 Å². The molecule has 1 atom stereocenters. The monoisotopic (exact) mass is 381 g/mol. The highest BCUT2D eigenvalue weighted by atomic mass is 127. The van der Waals surface area contributed by atoms with Crippen LogP contribution < -0.4 is 10.6 Å². The molecule has 19 heavy (non-hydrogen) atoms. The molecule has 0 aliphatic carbocycles. The number of guanidine groups is 1. The summed E-state index contributed by atoms with van der Waals surface area (Å²) in [6.07, 6.45) is 2.59. The van der Waals surface area contributed by atoms with Gasteiger partial charge >= 0.3 is 0 Å². The first-order valence-electron chi connectivity index (χ1n) is 7.09. The van der Waals surface area contributed by atoms with E-state index in [-0.39, 0.29) is 24.0 Å². The third kappa shape index (κ3) is 5.43. The van der Waals surface area contributed by atoms with Gasteiger partial charge in [-0.05, 0) is 47.0 Å². The van der Waals surface area contributed by atoms with Gasteiger partial charge in [0, 0.05) is 25.2 Å². The molecule has 2 N–H and O–H groups in total. The van der Waals surface area contributed by atoms with Crippen LogP contribution in [0, 0.1) is 0 Å². The van der Waals surface area contributed by atoms with Gasteiger partial charge in [0.15, 0.2) is 5.96 Å². The van der Waals surface area contributed by atoms with Crippen LogP contribution in [0.15, 0.2) is 4.99 Å². The first-order chi connectivity index (χ1) is 8.65. The first-order valence-corrected chi connectivity index (χ1v) is 7.09. The van der Waals surface area contributed by atoms with Crippen LogP contribution in [0.3, 0.4) is 0 Å². The third-order valence-electron chi connectivity index (χ3n) is 3.91. The molecule has 6 heteroatoms. The fourth-order valence-corrected chi connectivity index (χ4v) is 2.65. The number of nitrogens with zero attached hydrogens (tertiary/aromatic N) is 3. The number of halogens is 1. The van der Waals surface area contributed by atoms with Crippen molar-refractivity contribution in [2.24, 2.45) is 4.99 Å². The fraction of sp³-hybridized carbons (Fsp3) is 0.923. The van der Waals surface area contributed by atoms with E-state index in [2.05, 4.69) is 46.4 Å². The summed E-state index contributed by atoms with van der Waals surface area (Å²) in [7, 11) is 4.37. The maximum Gasteiger partial charge on any atom is 0.191 e. The van der Waals surface area contributed by atoms with Crippen molar-refractivity contribution in [3.05, 3.63) is 0 Å². The lowest BCUT2D eigenvalue weighted by molar-refractivity contribution is 0.147. The second-order valence-electron chi connectivity index (χ2n) is 5.70. The van der Waals surface area contributed by atoms with Gasteiger partial charge in [0.2, 0.25) is 0 Å². The van der Waals surface area contributed by atoms with Gasteiger partial charge in [-0.1, -0.05) is 0 Å². The summed E-state index contributed by atoms with van der Waals surface area (Å²) < 4.78 is 0. The van der Waals surface area contributed by atoms with E-state index in [1.165, 1.54) is 25.9 Å². The second-order valence-corrected chi connectivity index (χ2v) is 5.70. The summed E-state index contributed by atoms with van der Waals surface area (Å²) in [6, 6.07) is 1.26. The third-order valence-corrected chi connectivity index (χ3v) is 3.91. The Morgan fingerprint density at radius 3 is 2.58 bits per heavy atom. The average molecular weight is 381 g/mol. The molecule has 0 radical (unpaired) electrons. The van der Waals surface area contributed by atoms with E-state index in [9.17, 15) is 0 Å². The van der Waals surface area contributed by atoms with E-state index in [4.69, 9.17) is 0 Å². The molecule has 0 aromatic heterocycles. The van der Waals surface area contributed by atoms with Crippen LogP contribution in [0.5, 0.6) is 0 Å². The zero-order valence-electron chi connectivity index (χ0n) is 12.4. The number of likely N-dealkylation sites (tertiary alicyclic amines) is 1. The van der Waals surface area contributed by atoms with Gasteiger partial charge in [-0.3, -0.25) is 4.99 Å². The SMILES string of the molecule is CC1CN=C(NCCN2CCC(N(C)C)CC2)N1.I. The van der Waals surface area contributed by atoms with Crippen molar-refractivity contribution in [2.45, 2.75) is 31.8 Å².